The first kappa shape index (κ1) is 17.2. The van der Waals surface area contributed by atoms with E-state index in [9.17, 15) is 9.18 Å². The molecule has 0 bridgehead atoms. The van der Waals surface area contributed by atoms with Gasteiger partial charge >= 0.3 is 6.09 Å². The molecule has 3 aromatic rings. The quantitative estimate of drug-likeness (QED) is 0.391. The molecule has 0 aliphatic carbocycles. The summed E-state index contributed by atoms with van der Waals surface area (Å²) in [4.78, 5) is 16.5. The van der Waals surface area contributed by atoms with Crippen molar-refractivity contribution in [2.75, 3.05) is 5.32 Å². The summed E-state index contributed by atoms with van der Waals surface area (Å²) >= 11 is 0. The van der Waals surface area contributed by atoms with Gasteiger partial charge in [0.2, 0.25) is 0 Å². The molecule has 0 unspecified atom stereocenters. The van der Waals surface area contributed by atoms with Crippen LogP contribution in [0, 0.1) is 5.82 Å². The largest absolute Gasteiger partial charge is 0.457 e. The summed E-state index contributed by atoms with van der Waals surface area (Å²) < 4.78 is 18.5. The highest BCUT2D eigenvalue weighted by atomic mass is 19.1. The van der Waals surface area contributed by atoms with E-state index in [4.69, 9.17) is 9.57 Å². The van der Waals surface area contributed by atoms with E-state index in [1.807, 2.05) is 30.3 Å². The SMILES string of the molecule is O=C(Nc1cccc(Oc2ccccc2)c1)ON=Cc1ccc(F)cc1. The van der Waals surface area contributed by atoms with Gasteiger partial charge < -0.3 is 4.74 Å². The van der Waals surface area contributed by atoms with Crippen molar-refractivity contribution in [1.82, 2.24) is 0 Å². The van der Waals surface area contributed by atoms with Gasteiger partial charge in [0.25, 0.3) is 0 Å². The summed E-state index contributed by atoms with van der Waals surface area (Å²) in [6, 6.07) is 21.8. The van der Waals surface area contributed by atoms with E-state index in [1.165, 1.54) is 30.5 Å². The lowest BCUT2D eigenvalue weighted by Gasteiger charge is -2.07. The fraction of sp³-hybridized carbons (Fsp3) is 0. The number of benzene rings is 3. The second-order valence-electron chi connectivity index (χ2n) is 5.23. The standard InChI is InChI=1S/C20H15FN2O3/c21-16-11-9-15(10-12-16)14-22-26-20(24)23-17-5-4-8-19(13-17)25-18-6-2-1-3-7-18/h1-14H,(H,23,24). The van der Waals surface area contributed by atoms with E-state index in [0.29, 0.717) is 22.7 Å². The average molecular weight is 350 g/mol. The van der Waals surface area contributed by atoms with Crippen LogP contribution >= 0.6 is 0 Å². The maximum Gasteiger partial charge on any atom is 0.437 e. The Kier molecular flexibility index (Phi) is 5.57. The third-order valence-electron chi connectivity index (χ3n) is 3.27. The number of amides is 1. The number of hydrogen-bond acceptors (Lipinski definition) is 4. The third kappa shape index (κ3) is 5.17. The molecule has 0 heterocycles. The molecule has 0 aliphatic heterocycles. The second-order valence-corrected chi connectivity index (χ2v) is 5.23. The normalized spacial score (nSPS) is 10.5. The second kappa shape index (κ2) is 8.43. The molecule has 0 spiro atoms. The van der Waals surface area contributed by atoms with Crippen molar-refractivity contribution in [3.63, 3.8) is 0 Å². The first-order valence-corrected chi connectivity index (χ1v) is 7.79. The maximum atomic E-state index is 12.8. The number of hydrogen-bond donors (Lipinski definition) is 1. The highest BCUT2D eigenvalue weighted by Gasteiger charge is 2.04. The lowest BCUT2D eigenvalue weighted by atomic mass is 10.2. The van der Waals surface area contributed by atoms with Crippen molar-refractivity contribution in [2.24, 2.45) is 5.16 Å². The van der Waals surface area contributed by atoms with Crippen LogP contribution in [-0.4, -0.2) is 12.3 Å². The monoisotopic (exact) mass is 350 g/mol. The van der Waals surface area contributed by atoms with Gasteiger partial charge in [-0.1, -0.05) is 41.6 Å². The number of halogens is 1. The van der Waals surface area contributed by atoms with Crippen LogP contribution in [0.2, 0.25) is 0 Å². The first-order valence-electron chi connectivity index (χ1n) is 7.79. The molecule has 26 heavy (non-hydrogen) atoms. The van der Waals surface area contributed by atoms with E-state index in [-0.39, 0.29) is 5.82 Å². The van der Waals surface area contributed by atoms with Crippen molar-refractivity contribution in [3.05, 3.63) is 90.2 Å². The van der Waals surface area contributed by atoms with E-state index in [0.717, 1.165) is 0 Å². The molecular formula is C20H15FN2O3. The summed E-state index contributed by atoms with van der Waals surface area (Å²) in [5, 5.41) is 6.12. The van der Waals surface area contributed by atoms with Gasteiger partial charge in [0, 0.05) is 11.8 Å². The molecule has 0 saturated carbocycles. The van der Waals surface area contributed by atoms with Crippen LogP contribution in [0.25, 0.3) is 0 Å². The molecule has 1 amide bonds. The molecule has 0 aliphatic rings. The van der Waals surface area contributed by atoms with Crippen molar-refractivity contribution >= 4 is 18.0 Å². The van der Waals surface area contributed by atoms with Crippen molar-refractivity contribution in [1.29, 1.82) is 0 Å². The minimum absolute atomic E-state index is 0.349. The Morgan fingerprint density at radius 2 is 1.65 bits per heavy atom. The Morgan fingerprint density at radius 3 is 2.42 bits per heavy atom. The molecule has 130 valence electrons. The molecule has 0 aromatic heterocycles. The van der Waals surface area contributed by atoms with Crippen molar-refractivity contribution < 1.29 is 18.8 Å². The number of para-hydroxylation sites is 1. The van der Waals surface area contributed by atoms with E-state index in [2.05, 4.69) is 10.5 Å². The van der Waals surface area contributed by atoms with Crippen LogP contribution in [0.1, 0.15) is 5.56 Å². The Bertz CT molecular complexity index is 896. The molecule has 0 atom stereocenters. The lowest BCUT2D eigenvalue weighted by molar-refractivity contribution is 0.167. The summed E-state index contributed by atoms with van der Waals surface area (Å²) in [6.07, 6.45) is 0.564. The molecule has 0 radical (unpaired) electrons. The van der Waals surface area contributed by atoms with E-state index >= 15 is 0 Å². The third-order valence-corrected chi connectivity index (χ3v) is 3.27. The molecule has 0 fully saturated rings. The molecule has 5 nitrogen and oxygen atoms in total. The Morgan fingerprint density at radius 1 is 0.923 bits per heavy atom. The van der Waals surface area contributed by atoms with Gasteiger partial charge in [0.1, 0.15) is 17.3 Å². The first-order chi connectivity index (χ1) is 12.7. The Balaban J connectivity index is 1.55. The zero-order chi connectivity index (χ0) is 18.2. The van der Waals surface area contributed by atoms with Gasteiger partial charge in [0.05, 0.1) is 6.21 Å². The number of ether oxygens (including phenoxy) is 1. The topological polar surface area (TPSA) is 59.9 Å². The highest BCUT2D eigenvalue weighted by molar-refractivity contribution is 5.86. The van der Waals surface area contributed by atoms with Crippen molar-refractivity contribution in [2.45, 2.75) is 0 Å². The number of rotatable bonds is 5. The van der Waals surface area contributed by atoms with E-state index < -0.39 is 6.09 Å². The van der Waals surface area contributed by atoms with Crippen LogP contribution < -0.4 is 10.1 Å². The van der Waals surface area contributed by atoms with Gasteiger partial charge in [0.15, 0.2) is 0 Å². The minimum atomic E-state index is -0.750. The number of anilines is 1. The van der Waals surface area contributed by atoms with Gasteiger partial charge in [-0.15, -0.1) is 0 Å². The van der Waals surface area contributed by atoms with Crippen LogP contribution in [0.4, 0.5) is 14.9 Å². The molecule has 0 saturated heterocycles. The molecule has 3 rings (SSSR count). The summed E-state index contributed by atoms with van der Waals surface area (Å²) in [5.41, 5.74) is 1.11. The smallest absolute Gasteiger partial charge is 0.437 e. The zero-order valence-corrected chi connectivity index (χ0v) is 13.6. The summed E-state index contributed by atoms with van der Waals surface area (Å²) in [7, 11) is 0. The van der Waals surface area contributed by atoms with Crippen LogP contribution in [0.5, 0.6) is 11.5 Å². The summed E-state index contributed by atoms with van der Waals surface area (Å²) in [5.74, 6) is 0.915. The van der Waals surface area contributed by atoms with Gasteiger partial charge in [-0.3, -0.25) is 10.2 Å². The van der Waals surface area contributed by atoms with Gasteiger partial charge in [-0.2, -0.15) is 0 Å². The predicted molar refractivity (Wildman–Crippen MR) is 97.1 cm³/mol. The maximum absolute atomic E-state index is 12.8. The molecule has 1 N–H and O–H groups in total. The van der Waals surface area contributed by atoms with E-state index in [1.54, 1.807) is 24.3 Å². The van der Waals surface area contributed by atoms with Crippen LogP contribution in [0.15, 0.2) is 84.0 Å². The average Bonchev–Trinajstić information content (AvgIpc) is 2.64. The number of carbonyl (C=O) groups excluding carboxylic acids is 1. The van der Waals surface area contributed by atoms with Gasteiger partial charge in [-0.25, -0.2) is 9.18 Å². The van der Waals surface area contributed by atoms with Crippen LogP contribution in [0.3, 0.4) is 0 Å². The minimum Gasteiger partial charge on any atom is -0.457 e. The van der Waals surface area contributed by atoms with Crippen LogP contribution in [-0.2, 0) is 4.84 Å². The fourth-order valence-corrected chi connectivity index (χ4v) is 2.09. The Hall–Kier alpha value is -3.67. The molecule has 6 heteroatoms. The van der Waals surface area contributed by atoms with Crippen molar-refractivity contribution in [3.8, 4) is 11.5 Å². The van der Waals surface area contributed by atoms with Gasteiger partial charge in [-0.05, 0) is 42.0 Å². The lowest BCUT2D eigenvalue weighted by Crippen LogP contribution is -2.10. The zero-order valence-electron chi connectivity index (χ0n) is 13.6. The predicted octanol–water partition coefficient (Wildman–Crippen LogP) is 5.20. The number of carbonyl (C=O) groups is 1. The Labute approximate surface area is 149 Å². The highest BCUT2D eigenvalue weighted by Crippen LogP contribution is 2.23. The molecule has 3 aromatic carbocycles. The summed E-state index contributed by atoms with van der Waals surface area (Å²) in [6.45, 7) is 0. The number of nitrogens with zero attached hydrogens (tertiary/aromatic N) is 1. The fourth-order valence-electron chi connectivity index (χ4n) is 2.09. The number of oxime groups is 1. The number of nitrogens with one attached hydrogen (secondary N) is 1. The molecular weight excluding hydrogens is 335 g/mol.